The molecule has 1 fully saturated rings. The summed E-state index contributed by atoms with van der Waals surface area (Å²) in [6.07, 6.45) is 2.96. The first-order valence-electron chi connectivity index (χ1n) is 20.9. The van der Waals surface area contributed by atoms with Crippen LogP contribution in [0.2, 0.25) is 5.02 Å². The Kier molecular flexibility index (Phi) is 14.0. The average Bonchev–Trinajstić information content (AvgIpc) is 3.97. The van der Waals surface area contributed by atoms with Crippen molar-refractivity contribution < 1.29 is 51.4 Å². The highest BCUT2D eigenvalue weighted by Gasteiger charge is 2.45. The van der Waals surface area contributed by atoms with Crippen LogP contribution in [0.3, 0.4) is 0 Å². The number of hydrogen-bond donors (Lipinski definition) is 2. The van der Waals surface area contributed by atoms with E-state index < -0.39 is 77.0 Å². The zero-order valence-electron chi connectivity index (χ0n) is 35.9. The van der Waals surface area contributed by atoms with Crippen LogP contribution < -0.4 is 22.0 Å². The van der Waals surface area contributed by atoms with Crippen LogP contribution in [0.4, 0.5) is 30.5 Å². The third-order valence-electron chi connectivity index (χ3n) is 10.8. The second-order valence-electron chi connectivity index (χ2n) is 15.6. The van der Waals surface area contributed by atoms with Crippen molar-refractivity contribution in [1.82, 2.24) is 43.8 Å². The number of aromatic nitrogens is 8. The molecule has 1 atom stereocenters. The molecule has 354 valence electrons. The van der Waals surface area contributed by atoms with Crippen molar-refractivity contribution in [2.24, 2.45) is 7.05 Å². The molecule has 8 rings (SSSR count). The van der Waals surface area contributed by atoms with Crippen LogP contribution in [0, 0.1) is 17.5 Å². The number of carbonyl (C=O) groups excluding carboxylic acids is 5. The van der Waals surface area contributed by atoms with Crippen molar-refractivity contribution in [3.8, 4) is 0 Å². The van der Waals surface area contributed by atoms with E-state index in [0.29, 0.717) is 23.0 Å². The molecule has 2 N–H and O–H groups in total. The smallest absolute Gasteiger partial charge is 0.355 e. The molecule has 3 aromatic carbocycles. The summed E-state index contributed by atoms with van der Waals surface area (Å²) in [6, 6.07) is 7.43. The molecule has 6 aromatic rings. The van der Waals surface area contributed by atoms with Gasteiger partial charge in [0.05, 0.1) is 104 Å². The number of amides is 3. The number of benzene rings is 3. The van der Waals surface area contributed by atoms with Gasteiger partial charge >= 0.3 is 11.4 Å². The van der Waals surface area contributed by atoms with E-state index in [-0.39, 0.29) is 110 Å². The molecule has 4 heterocycles. The molecule has 0 radical (unpaired) electrons. The highest BCUT2D eigenvalue weighted by Crippen LogP contribution is 2.34. The van der Waals surface area contributed by atoms with Gasteiger partial charge in [0.1, 0.15) is 23.9 Å². The number of halogens is 4. The van der Waals surface area contributed by atoms with Crippen LogP contribution in [-0.2, 0) is 55.3 Å². The lowest BCUT2D eigenvalue weighted by Gasteiger charge is -2.27. The molecule has 68 heavy (non-hydrogen) atoms. The molecule has 1 aliphatic carbocycles. The lowest BCUT2D eigenvalue weighted by Crippen LogP contribution is -2.47. The molecule has 1 aliphatic heterocycles. The fraction of sp³-hybridized carbons (Fsp3) is 0.326. The van der Waals surface area contributed by atoms with Crippen molar-refractivity contribution in [3.63, 3.8) is 0 Å². The van der Waals surface area contributed by atoms with Gasteiger partial charge < -0.3 is 24.8 Å². The average molecular weight is 962 g/mol. The van der Waals surface area contributed by atoms with Gasteiger partial charge in [-0.25, -0.2) is 32.0 Å². The Hall–Kier alpha value is -7.41. The van der Waals surface area contributed by atoms with Crippen molar-refractivity contribution in [2.45, 2.75) is 44.9 Å². The Morgan fingerprint density at radius 2 is 1.60 bits per heavy atom. The summed E-state index contributed by atoms with van der Waals surface area (Å²) >= 11 is 6.48. The number of anilines is 3. The van der Waals surface area contributed by atoms with E-state index in [1.165, 1.54) is 29.1 Å². The third kappa shape index (κ3) is 10.3. The van der Waals surface area contributed by atoms with E-state index in [1.807, 2.05) is 0 Å². The summed E-state index contributed by atoms with van der Waals surface area (Å²) in [6.45, 7) is -0.586. The minimum absolute atomic E-state index is 0.0388. The van der Waals surface area contributed by atoms with E-state index in [1.54, 1.807) is 30.1 Å². The zero-order chi connectivity index (χ0) is 48.2. The topological polar surface area (TPSA) is 246 Å². The van der Waals surface area contributed by atoms with Gasteiger partial charge in [-0.05, 0) is 36.8 Å². The Bertz CT molecular complexity index is 3120. The Balaban J connectivity index is 0.792. The summed E-state index contributed by atoms with van der Waals surface area (Å²) in [5, 5.41) is 18.5. The fourth-order valence-corrected chi connectivity index (χ4v) is 7.80. The standard InChI is InChI=1S/C43H39ClF3N11O10/c1-54-18-24-14-34(28(44)16-33(24)52-54)49-41-50-42(64)57(43(65)56(41)19-23-13-30(46)31(47)17-29(23)45)21-25-20-55(53-51-25)7-8-66-9-10-67-11-12-68-22-37(61)48-32-4-2-3-27-38(32)40(63)58(39(27)62)35-6-5-26(59)15-36(35)60/h2-4,13-14,16-18,20,35H,5-12,15,19,21-22H2,1H3,(H,48,61)(H,49,50,64). The Morgan fingerprint density at radius 3 is 2.38 bits per heavy atom. The van der Waals surface area contributed by atoms with Crippen LogP contribution in [0.25, 0.3) is 10.9 Å². The van der Waals surface area contributed by atoms with Gasteiger partial charge in [-0.3, -0.25) is 38.1 Å². The zero-order valence-corrected chi connectivity index (χ0v) is 36.6. The minimum Gasteiger partial charge on any atom is -0.377 e. The van der Waals surface area contributed by atoms with Crippen LogP contribution in [0.15, 0.2) is 64.4 Å². The maximum Gasteiger partial charge on any atom is 0.355 e. The number of ether oxygens (including phenoxy) is 3. The molecule has 21 nitrogen and oxygen atoms in total. The normalized spacial score (nSPS) is 14.9. The van der Waals surface area contributed by atoms with E-state index in [9.17, 15) is 46.7 Å². The number of imide groups is 1. The maximum atomic E-state index is 14.9. The summed E-state index contributed by atoms with van der Waals surface area (Å²) in [4.78, 5) is 95.3. The third-order valence-corrected chi connectivity index (χ3v) is 11.2. The highest BCUT2D eigenvalue weighted by molar-refractivity contribution is 6.34. The highest BCUT2D eigenvalue weighted by atomic mass is 35.5. The summed E-state index contributed by atoms with van der Waals surface area (Å²) in [7, 11) is 1.71. The van der Waals surface area contributed by atoms with E-state index >= 15 is 0 Å². The summed E-state index contributed by atoms with van der Waals surface area (Å²) in [5.74, 6) is -7.02. The number of aryl methyl sites for hydroxylation is 1. The molecule has 3 aromatic heterocycles. The maximum absolute atomic E-state index is 14.9. The SMILES string of the molecule is Cn1cc2cc(Nc3nc(=O)n(Cc4cn(CCOCCOCCOCC(=O)Nc5cccc6c5C(=O)N(C5CCC(=O)CC5=O)C6=O)nn4)c(=O)n3Cc3cc(F)c(F)cc3F)c(Cl)cc2n1. The van der Waals surface area contributed by atoms with Gasteiger partial charge in [0.2, 0.25) is 11.9 Å². The van der Waals surface area contributed by atoms with Crippen LogP contribution >= 0.6 is 11.6 Å². The van der Waals surface area contributed by atoms with Crippen LogP contribution in [0.1, 0.15) is 51.2 Å². The molecule has 1 saturated carbocycles. The predicted octanol–water partition coefficient (Wildman–Crippen LogP) is 2.77. The monoisotopic (exact) mass is 961 g/mol. The molecular formula is C43H39ClF3N11O10. The molecule has 1 unspecified atom stereocenters. The number of Topliss-reactive ketones (excluding diaryl/α,β-unsaturated/α-hetero) is 2. The first kappa shape index (κ1) is 47.1. The second-order valence-corrected chi connectivity index (χ2v) is 16.0. The molecule has 25 heteroatoms. The van der Waals surface area contributed by atoms with Gasteiger partial charge in [-0.15, -0.1) is 5.10 Å². The first-order valence-corrected chi connectivity index (χ1v) is 21.3. The van der Waals surface area contributed by atoms with Crippen molar-refractivity contribution in [3.05, 3.63) is 121 Å². The van der Waals surface area contributed by atoms with E-state index in [0.717, 1.165) is 14.0 Å². The Labute approximate surface area is 386 Å². The number of hydrogen-bond acceptors (Lipinski definition) is 15. The molecule has 0 saturated heterocycles. The number of rotatable bonds is 19. The largest absolute Gasteiger partial charge is 0.377 e. The predicted molar refractivity (Wildman–Crippen MR) is 232 cm³/mol. The first-order chi connectivity index (χ1) is 32.6. The lowest BCUT2D eigenvalue weighted by atomic mass is 9.92. The number of nitrogens with one attached hydrogen (secondary N) is 2. The van der Waals surface area contributed by atoms with E-state index in [4.69, 9.17) is 25.8 Å². The second kappa shape index (κ2) is 20.2. The van der Waals surface area contributed by atoms with Crippen LogP contribution in [0.5, 0.6) is 0 Å². The quantitative estimate of drug-likeness (QED) is 0.0513. The molecule has 2 aliphatic rings. The van der Waals surface area contributed by atoms with Gasteiger partial charge in [0, 0.05) is 36.7 Å². The van der Waals surface area contributed by atoms with Gasteiger partial charge in [0.15, 0.2) is 17.4 Å². The van der Waals surface area contributed by atoms with E-state index in [2.05, 4.69) is 31.0 Å². The lowest BCUT2D eigenvalue weighted by molar-refractivity contribution is -0.132. The summed E-state index contributed by atoms with van der Waals surface area (Å²) in [5.41, 5.74) is -1.36. The van der Waals surface area contributed by atoms with Gasteiger partial charge in [-0.2, -0.15) is 10.1 Å². The molecule has 0 bridgehead atoms. The fourth-order valence-electron chi connectivity index (χ4n) is 7.60. The molecule has 0 spiro atoms. The van der Waals surface area contributed by atoms with Gasteiger partial charge in [0.25, 0.3) is 11.8 Å². The number of nitrogens with zero attached hydrogens (tertiary/aromatic N) is 9. The van der Waals surface area contributed by atoms with Crippen LogP contribution in [-0.4, -0.2) is 119 Å². The molecular weight excluding hydrogens is 923 g/mol. The number of carbonyl (C=O) groups is 5. The number of ketones is 2. The summed E-state index contributed by atoms with van der Waals surface area (Å²) < 4.78 is 63.9. The Morgan fingerprint density at radius 1 is 0.853 bits per heavy atom. The minimum atomic E-state index is -1.43. The van der Waals surface area contributed by atoms with Crippen molar-refractivity contribution in [1.29, 1.82) is 0 Å². The van der Waals surface area contributed by atoms with Crippen molar-refractivity contribution >= 4 is 69.1 Å². The number of fused-ring (bicyclic) bond motifs is 2. The van der Waals surface area contributed by atoms with Gasteiger partial charge in [-0.1, -0.05) is 22.9 Å². The van der Waals surface area contributed by atoms with Crippen molar-refractivity contribution in [2.75, 3.05) is 50.3 Å². The molecule has 3 amide bonds.